The normalized spacial score (nSPS) is 14.3. The maximum atomic E-state index is 12.7. The molecule has 4 N–H and O–H groups in total. The van der Waals surface area contributed by atoms with Gasteiger partial charge in [0, 0.05) is 12.8 Å². The number of unbranched alkanes of at least 4 members (excludes halogenated alkanes) is 22. The van der Waals surface area contributed by atoms with E-state index in [1.54, 1.807) is 0 Å². The smallest absolute Gasteiger partial charge is 0.462 e. The van der Waals surface area contributed by atoms with E-state index in [1.807, 2.05) is 0 Å². The first-order valence-electron chi connectivity index (χ1n) is 22.0. The molecule has 1 unspecified atom stereocenters. The molecule has 0 rings (SSSR count). The number of phosphoric acid groups is 2. The molecule has 0 amide bonds. The lowest BCUT2D eigenvalue weighted by Crippen LogP contribution is -2.30. The molecule has 0 aliphatic heterocycles. The molecule has 0 aromatic rings. The van der Waals surface area contributed by atoms with Gasteiger partial charge < -0.3 is 29.3 Å². The third kappa shape index (κ3) is 42.5. The van der Waals surface area contributed by atoms with Crippen LogP contribution in [0.2, 0.25) is 0 Å². The summed E-state index contributed by atoms with van der Waals surface area (Å²) in [6.07, 6.45) is 35.9. The predicted octanol–water partition coefficient (Wildman–Crippen LogP) is 11.1. The fraction of sp³-hybridized carbons (Fsp3) is 0.857. The van der Waals surface area contributed by atoms with Crippen molar-refractivity contribution in [1.29, 1.82) is 0 Å². The van der Waals surface area contributed by atoms with Crippen molar-refractivity contribution in [3.8, 4) is 0 Å². The summed E-state index contributed by atoms with van der Waals surface area (Å²) in [7, 11) is -9.66. The van der Waals surface area contributed by atoms with Gasteiger partial charge in [-0.3, -0.25) is 23.2 Å². The summed E-state index contributed by atoms with van der Waals surface area (Å²) in [6.45, 7) is 1.74. The molecule has 0 spiro atoms. The van der Waals surface area contributed by atoms with Crippen molar-refractivity contribution in [3.63, 3.8) is 0 Å². The van der Waals surface area contributed by atoms with Gasteiger partial charge in [0.15, 0.2) is 6.10 Å². The van der Waals surface area contributed by atoms with Crippen molar-refractivity contribution in [3.05, 3.63) is 24.3 Å². The summed E-state index contributed by atoms with van der Waals surface area (Å²) in [5.74, 6) is -1.04. The Balaban J connectivity index is 4.51. The first-order chi connectivity index (χ1) is 27.4. The Morgan fingerprint density at radius 2 is 0.912 bits per heavy atom. The van der Waals surface area contributed by atoms with Crippen molar-refractivity contribution in [1.82, 2.24) is 0 Å². The second kappa shape index (κ2) is 38.8. The molecule has 0 saturated carbocycles. The van der Waals surface area contributed by atoms with Crippen molar-refractivity contribution >= 4 is 27.6 Å². The maximum Gasteiger partial charge on any atom is 0.472 e. The van der Waals surface area contributed by atoms with Crippen LogP contribution in [-0.4, -0.2) is 70.4 Å². The maximum absolute atomic E-state index is 12.7. The van der Waals surface area contributed by atoms with E-state index >= 15 is 0 Å². The van der Waals surface area contributed by atoms with Crippen LogP contribution < -0.4 is 0 Å². The number of allylic oxidation sites excluding steroid dienone is 4. The molecule has 13 nitrogen and oxygen atoms in total. The molecule has 0 aromatic heterocycles. The van der Waals surface area contributed by atoms with E-state index in [0.29, 0.717) is 12.8 Å². The summed E-state index contributed by atoms with van der Waals surface area (Å²) in [4.78, 5) is 52.7. The fourth-order valence-electron chi connectivity index (χ4n) is 5.97. The fourth-order valence-corrected chi connectivity index (χ4v) is 7.12. The molecule has 0 aliphatic rings. The number of carbonyl (C=O) groups is 2. The Labute approximate surface area is 344 Å². The summed E-state index contributed by atoms with van der Waals surface area (Å²) in [6, 6.07) is 0. The topological polar surface area (TPSA) is 195 Å². The van der Waals surface area contributed by atoms with E-state index in [-0.39, 0.29) is 19.4 Å². The van der Waals surface area contributed by atoms with Gasteiger partial charge in [-0.15, -0.1) is 0 Å². The number of carbonyl (C=O) groups excluding carboxylic acids is 2. The number of ether oxygens (including phenoxy) is 2. The first-order valence-corrected chi connectivity index (χ1v) is 25.1. The molecule has 3 atom stereocenters. The van der Waals surface area contributed by atoms with Crippen LogP contribution >= 0.6 is 15.6 Å². The Kier molecular flexibility index (Phi) is 37.8. The zero-order valence-corrected chi connectivity index (χ0v) is 37.2. The van der Waals surface area contributed by atoms with Crippen LogP contribution in [0.5, 0.6) is 0 Å². The first kappa shape index (κ1) is 55.6. The van der Waals surface area contributed by atoms with Crippen LogP contribution in [0, 0.1) is 0 Å². The molecule has 57 heavy (non-hydrogen) atoms. The van der Waals surface area contributed by atoms with Crippen LogP contribution in [0.25, 0.3) is 0 Å². The molecule has 0 aromatic carbocycles. The minimum atomic E-state index is -4.86. The number of hydrogen-bond acceptors (Lipinski definition) is 10. The highest BCUT2D eigenvalue weighted by Gasteiger charge is 2.28. The lowest BCUT2D eigenvalue weighted by atomic mass is 10.0. The largest absolute Gasteiger partial charge is 0.472 e. The van der Waals surface area contributed by atoms with Crippen molar-refractivity contribution in [2.24, 2.45) is 0 Å². The molecule has 0 radical (unpaired) electrons. The molecule has 0 bridgehead atoms. The Bertz CT molecular complexity index is 1110. The summed E-state index contributed by atoms with van der Waals surface area (Å²) in [5, 5.41) is 9.74. The second-order valence-corrected chi connectivity index (χ2v) is 17.7. The lowest BCUT2D eigenvalue weighted by molar-refractivity contribution is -0.161. The SMILES string of the molecule is CCCCC/C=C\C/C=C\CCCCCCCC(=O)OC[C@H](COP(=O)(O)OC[C@@H](O)COP(=O)(O)O)OC(=O)CCCCCCCCCCCCCCCCC. The molecular weight excluding hydrogens is 774 g/mol. The van der Waals surface area contributed by atoms with E-state index in [9.17, 15) is 28.7 Å². The number of aliphatic hydroxyl groups is 1. The van der Waals surface area contributed by atoms with Gasteiger partial charge in [0.2, 0.25) is 0 Å². The summed E-state index contributed by atoms with van der Waals surface area (Å²) < 4.78 is 47.8. The number of esters is 2. The van der Waals surface area contributed by atoms with Crippen LogP contribution in [0.3, 0.4) is 0 Å². The third-order valence-electron chi connectivity index (χ3n) is 9.33. The molecular formula is C42H80O13P2. The molecule has 0 saturated heterocycles. The number of rotatable bonds is 42. The van der Waals surface area contributed by atoms with Gasteiger partial charge in [-0.2, -0.15) is 0 Å². The van der Waals surface area contributed by atoms with E-state index in [4.69, 9.17) is 23.8 Å². The van der Waals surface area contributed by atoms with Gasteiger partial charge >= 0.3 is 27.6 Å². The quantitative estimate of drug-likeness (QED) is 0.0196. The molecule has 336 valence electrons. The highest BCUT2D eigenvalue weighted by molar-refractivity contribution is 7.47. The van der Waals surface area contributed by atoms with Crippen molar-refractivity contribution in [2.75, 3.05) is 26.4 Å². The lowest BCUT2D eigenvalue weighted by Gasteiger charge is -2.20. The van der Waals surface area contributed by atoms with Gasteiger partial charge in [0.05, 0.1) is 19.8 Å². The van der Waals surface area contributed by atoms with E-state index in [0.717, 1.165) is 64.2 Å². The molecule has 0 heterocycles. The van der Waals surface area contributed by atoms with Crippen LogP contribution in [0.4, 0.5) is 0 Å². The van der Waals surface area contributed by atoms with Gasteiger partial charge in [-0.25, -0.2) is 9.13 Å². The average Bonchev–Trinajstić information content (AvgIpc) is 3.17. The van der Waals surface area contributed by atoms with E-state index in [1.165, 1.54) is 89.9 Å². The minimum Gasteiger partial charge on any atom is -0.462 e. The van der Waals surface area contributed by atoms with E-state index < -0.39 is 59.6 Å². The Morgan fingerprint density at radius 3 is 1.42 bits per heavy atom. The van der Waals surface area contributed by atoms with Crippen molar-refractivity contribution < 1.29 is 61.6 Å². The summed E-state index contributed by atoms with van der Waals surface area (Å²) >= 11 is 0. The predicted molar refractivity (Wildman–Crippen MR) is 225 cm³/mol. The highest BCUT2D eigenvalue weighted by Crippen LogP contribution is 2.43. The number of hydrogen-bond donors (Lipinski definition) is 4. The van der Waals surface area contributed by atoms with Crippen LogP contribution in [0.1, 0.15) is 194 Å². The highest BCUT2D eigenvalue weighted by atomic mass is 31.2. The van der Waals surface area contributed by atoms with Crippen LogP contribution in [0.15, 0.2) is 24.3 Å². The molecule has 0 fully saturated rings. The number of phosphoric ester groups is 2. The zero-order chi connectivity index (χ0) is 42.3. The standard InChI is InChI=1S/C42H80O13P2/c1-3-5-7-9-11-13-15-17-19-21-23-25-27-29-31-33-41(44)51-37-40(38-54-57(49,50)53-36-39(43)35-52-56(46,47)48)55-42(45)34-32-30-28-26-24-22-20-18-16-14-12-10-8-6-4-2/h11,13,17,19,39-40,43H,3-10,12,14-16,18,20-38H2,1-2H3,(H,49,50)(H2,46,47,48)/b13-11-,19-17-/t39-,40+/m0/s1. The molecule has 15 heteroatoms. The van der Waals surface area contributed by atoms with Gasteiger partial charge in [0.25, 0.3) is 0 Å². The Hall–Kier alpha value is -1.40. The Morgan fingerprint density at radius 1 is 0.509 bits per heavy atom. The van der Waals surface area contributed by atoms with Gasteiger partial charge in [-0.1, -0.05) is 160 Å². The summed E-state index contributed by atoms with van der Waals surface area (Å²) in [5.41, 5.74) is 0. The monoisotopic (exact) mass is 855 g/mol. The minimum absolute atomic E-state index is 0.133. The zero-order valence-electron chi connectivity index (χ0n) is 35.4. The average molecular weight is 855 g/mol. The van der Waals surface area contributed by atoms with Gasteiger partial charge in [-0.05, 0) is 44.9 Å². The van der Waals surface area contributed by atoms with Gasteiger partial charge in [0.1, 0.15) is 12.7 Å². The van der Waals surface area contributed by atoms with Crippen molar-refractivity contribution in [2.45, 2.75) is 206 Å². The number of aliphatic hydroxyl groups excluding tert-OH is 1. The second-order valence-electron chi connectivity index (χ2n) is 15.0. The third-order valence-corrected chi connectivity index (χ3v) is 10.8. The molecule has 0 aliphatic carbocycles. The van der Waals surface area contributed by atoms with Crippen LogP contribution in [-0.2, 0) is 41.8 Å². The van der Waals surface area contributed by atoms with E-state index in [2.05, 4.69) is 47.2 Å².